The minimum Gasteiger partial charge on any atom is -0.267 e. The average Bonchev–Trinajstić information content (AvgIpc) is 2.38. The predicted molar refractivity (Wildman–Crippen MR) is 82.7 cm³/mol. The standard InChI is InChI=1S/C15H12Cl2N2O/c1-10-3-2-4-11(7-10)9-18-19-15(20)13-6-5-12(16)8-14(13)17/h2-9H,1H3,(H,19,20)/b18-9+. The van der Waals surface area contributed by atoms with Gasteiger partial charge in [0.1, 0.15) is 0 Å². The molecule has 5 heteroatoms. The number of halogens is 2. The summed E-state index contributed by atoms with van der Waals surface area (Å²) in [6, 6.07) is 12.5. The monoisotopic (exact) mass is 306 g/mol. The van der Waals surface area contributed by atoms with Gasteiger partial charge >= 0.3 is 0 Å². The van der Waals surface area contributed by atoms with E-state index < -0.39 is 0 Å². The van der Waals surface area contributed by atoms with Gasteiger partial charge in [-0.15, -0.1) is 0 Å². The molecule has 2 rings (SSSR count). The number of aryl methyl sites for hydroxylation is 1. The SMILES string of the molecule is Cc1cccc(/C=N/NC(=O)c2ccc(Cl)cc2Cl)c1. The summed E-state index contributed by atoms with van der Waals surface area (Å²) in [5, 5.41) is 4.68. The molecule has 0 radical (unpaired) electrons. The number of nitrogens with zero attached hydrogens (tertiary/aromatic N) is 1. The van der Waals surface area contributed by atoms with Crippen molar-refractivity contribution in [2.75, 3.05) is 0 Å². The zero-order valence-corrected chi connectivity index (χ0v) is 12.2. The van der Waals surface area contributed by atoms with Crippen molar-refractivity contribution in [1.82, 2.24) is 5.43 Å². The fourth-order valence-corrected chi connectivity index (χ4v) is 2.14. The summed E-state index contributed by atoms with van der Waals surface area (Å²) in [7, 11) is 0. The van der Waals surface area contributed by atoms with E-state index in [4.69, 9.17) is 23.2 Å². The van der Waals surface area contributed by atoms with Gasteiger partial charge in [-0.3, -0.25) is 4.79 Å². The molecule has 0 spiro atoms. The van der Waals surface area contributed by atoms with E-state index in [9.17, 15) is 4.79 Å². The largest absolute Gasteiger partial charge is 0.272 e. The molecule has 2 aromatic rings. The van der Waals surface area contributed by atoms with E-state index in [1.165, 1.54) is 6.07 Å². The first-order valence-corrected chi connectivity index (χ1v) is 6.67. The second-order valence-corrected chi connectivity index (χ2v) is 5.08. The Kier molecular flexibility index (Phi) is 4.77. The van der Waals surface area contributed by atoms with Crippen LogP contribution in [0, 0.1) is 6.92 Å². The van der Waals surface area contributed by atoms with Crippen molar-refractivity contribution >= 4 is 35.3 Å². The summed E-state index contributed by atoms with van der Waals surface area (Å²) < 4.78 is 0. The number of nitrogens with one attached hydrogen (secondary N) is 1. The fraction of sp³-hybridized carbons (Fsp3) is 0.0667. The van der Waals surface area contributed by atoms with Gasteiger partial charge < -0.3 is 0 Å². The highest BCUT2D eigenvalue weighted by molar-refractivity contribution is 6.36. The Morgan fingerprint density at radius 2 is 2.00 bits per heavy atom. The molecule has 0 aromatic heterocycles. The smallest absolute Gasteiger partial charge is 0.267 e. The molecule has 0 atom stereocenters. The van der Waals surface area contributed by atoms with E-state index in [1.807, 2.05) is 31.2 Å². The summed E-state index contributed by atoms with van der Waals surface area (Å²) in [5.74, 6) is -0.379. The highest BCUT2D eigenvalue weighted by Crippen LogP contribution is 2.20. The average molecular weight is 307 g/mol. The number of carbonyl (C=O) groups is 1. The van der Waals surface area contributed by atoms with Crippen LogP contribution < -0.4 is 5.43 Å². The third kappa shape index (κ3) is 3.83. The van der Waals surface area contributed by atoms with Gasteiger partial charge in [0.05, 0.1) is 16.8 Å². The van der Waals surface area contributed by atoms with Crippen LogP contribution in [-0.2, 0) is 0 Å². The molecule has 20 heavy (non-hydrogen) atoms. The van der Waals surface area contributed by atoms with E-state index >= 15 is 0 Å². The van der Waals surface area contributed by atoms with Crippen molar-refractivity contribution in [2.45, 2.75) is 6.92 Å². The number of hydrogen-bond donors (Lipinski definition) is 1. The lowest BCUT2D eigenvalue weighted by molar-refractivity contribution is 0.0955. The number of hydrogen-bond acceptors (Lipinski definition) is 2. The Bertz CT molecular complexity index is 669. The Morgan fingerprint density at radius 1 is 1.20 bits per heavy atom. The summed E-state index contributed by atoms with van der Waals surface area (Å²) in [6.45, 7) is 1.99. The summed E-state index contributed by atoms with van der Waals surface area (Å²) in [4.78, 5) is 11.9. The van der Waals surface area contributed by atoms with Gasteiger partial charge in [0.25, 0.3) is 5.91 Å². The summed E-state index contributed by atoms with van der Waals surface area (Å²) in [6.07, 6.45) is 1.58. The van der Waals surface area contributed by atoms with Crippen LogP contribution in [0.3, 0.4) is 0 Å². The molecule has 0 bridgehead atoms. The maximum absolute atomic E-state index is 11.9. The van der Waals surface area contributed by atoms with E-state index in [2.05, 4.69) is 10.5 Å². The van der Waals surface area contributed by atoms with Gasteiger partial charge in [0, 0.05) is 5.02 Å². The van der Waals surface area contributed by atoms with Gasteiger partial charge in [-0.25, -0.2) is 5.43 Å². The quantitative estimate of drug-likeness (QED) is 0.674. The molecular formula is C15H12Cl2N2O. The van der Waals surface area contributed by atoms with Crippen molar-refractivity contribution in [2.24, 2.45) is 5.10 Å². The van der Waals surface area contributed by atoms with Crippen molar-refractivity contribution < 1.29 is 4.79 Å². The van der Waals surface area contributed by atoms with Crippen LogP contribution in [0.2, 0.25) is 10.0 Å². The number of benzene rings is 2. The molecule has 0 saturated carbocycles. The zero-order valence-electron chi connectivity index (χ0n) is 10.7. The van der Waals surface area contributed by atoms with Crippen LogP contribution in [0.25, 0.3) is 0 Å². The molecule has 2 aromatic carbocycles. The first-order valence-electron chi connectivity index (χ1n) is 5.91. The molecule has 0 saturated heterocycles. The van der Waals surface area contributed by atoms with Crippen LogP contribution in [-0.4, -0.2) is 12.1 Å². The molecule has 0 fully saturated rings. The maximum Gasteiger partial charge on any atom is 0.272 e. The molecule has 0 aliphatic rings. The topological polar surface area (TPSA) is 41.5 Å². The van der Waals surface area contributed by atoms with Gasteiger partial charge in [-0.1, -0.05) is 53.0 Å². The van der Waals surface area contributed by atoms with Crippen molar-refractivity contribution in [3.05, 3.63) is 69.2 Å². The molecule has 0 aliphatic heterocycles. The van der Waals surface area contributed by atoms with Crippen molar-refractivity contribution in [3.63, 3.8) is 0 Å². The summed E-state index contributed by atoms with van der Waals surface area (Å²) in [5.41, 5.74) is 4.80. The molecule has 1 amide bonds. The van der Waals surface area contributed by atoms with Gasteiger partial charge in [0.2, 0.25) is 0 Å². The molecule has 0 heterocycles. The molecule has 3 nitrogen and oxygen atoms in total. The van der Waals surface area contributed by atoms with Crippen molar-refractivity contribution in [3.8, 4) is 0 Å². The van der Waals surface area contributed by atoms with Gasteiger partial charge in [-0.2, -0.15) is 5.10 Å². The maximum atomic E-state index is 11.9. The van der Waals surface area contributed by atoms with Gasteiger partial charge in [0.15, 0.2) is 0 Å². The highest BCUT2D eigenvalue weighted by atomic mass is 35.5. The van der Waals surface area contributed by atoms with E-state index in [0.717, 1.165) is 11.1 Å². The van der Waals surface area contributed by atoms with E-state index in [1.54, 1.807) is 18.3 Å². The van der Waals surface area contributed by atoms with Crippen LogP contribution in [0.1, 0.15) is 21.5 Å². The Hall–Kier alpha value is -1.84. The first-order chi connectivity index (χ1) is 9.56. The second kappa shape index (κ2) is 6.55. The Labute approximate surface area is 127 Å². The van der Waals surface area contributed by atoms with Crippen LogP contribution >= 0.6 is 23.2 Å². The minimum atomic E-state index is -0.379. The summed E-state index contributed by atoms with van der Waals surface area (Å²) >= 11 is 11.7. The van der Waals surface area contributed by atoms with E-state index in [-0.39, 0.29) is 5.91 Å². The molecule has 0 aliphatic carbocycles. The zero-order chi connectivity index (χ0) is 14.5. The molecule has 1 N–H and O–H groups in total. The normalized spacial score (nSPS) is 10.8. The number of rotatable bonds is 3. The fourth-order valence-electron chi connectivity index (χ4n) is 1.65. The predicted octanol–water partition coefficient (Wildman–Crippen LogP) is 4.07. The third-order valence-electron chi connectivity index (χ3n) is 2.60. The van der Waals surface area contributed by atoms with E-state index in [0.29, 0.717) is 15.6 Å². The second-order valence-electron chi connectivity index (χ2n) is 4.24. The Morgan fingerprint density at radius 3 is 2.70 bits per heavy atom. The van der Waals surface area contributed by atoms with Crippen LogP contribution in [0.15, 0.2) is 47.6 Å². The molecule has 0 unspecified atom stereocenters. The van der Waals surface area contributed by atoms with Crippen LogP contribution in [0.5, 0.6) is 0 Å². The van der Waals surface area contributed by atoms with Gasteiger partial charge in [-0.05, 0) is 30.7 Å². The minimum absolute atomic E-state index is 0.292. The lowest BCUT2D eigenvalue weighted by atomic mass is 10.2. The first kappa shape index (κ1) is 14.6. The molecular weight excluding hydrogens is 295 g/mol. The number of amides is 1. The third-order valence-corrected chi connectivity index (χ3v) is 3.15. The lowest BCUT2D eigenvalue weighted by Gasteiger charge is -2.02. The Balaban J connectivity index is 2.05. The van der Waals surface area contributed by atoms with Crippen molar-refractivity contribution in [1.29, 1.82) is 0 Å². The lowest BCUT2D eigenvalue weighted by Crippen LogP contribution is -2.18. The number of carbonyl (C=O) groups excluding carboxylic acids is 1. The highest BCUT2D eigenvalue weighted by Gasteiger charge is 2.09. The van der Waals surface area contributed by atoms with Crippen LogP contribution in [0.4, 0.5) is 0 Å². The molecule has 102 valence electrons. The number of hydrazone groups is 1.